The molecule has 1 amide bonds. The van der Waals surface area contributed by atoms with Crippen molar-refractivity contribution in [1.29, 1.82) is 0 Å². The molecular weight excluding hydrogens is 835 g/mol. The molecule has 1 rings (SSSR count). The van der Waals surface area contributed by atoms with Gasteiger partial charge in [0, 0.05) is 6.42 Å². The van der Waals surface area contributed by atoms with E-state index in [-0.39, 0.29) is 19.4 Å². The molecule has 66 heavy (non-hydrogen) atoms. The van der Waals surface area contributed by atoms with Gasteiger partial charge in [-0.3, -0.25) is 9.59 Å². The lowest BCUT2D eigenvalue weighted by Gasteiger charge is -2.41. The van der Waals surface area contributed by atoms with Crippen LogP contribution in [0.4, 0.5) is 0 Å². The van der Waals surface area contributed by atoms with E-state index in [0.29, 0.717) is 12.8 Å². The van der Waals surface area contributed by atoms with Gasteiger partial charge in [0.15, 0.2) is 12.4 Å². The molecule has 0 saturated carbocycles. The zero-order chi connectivity index (χ0) is 48.3. The van der Waals surface area contributed by atoms with Crippen LogP contribution in [0.1, 0.15) is 226 Å². The highest BCUT2D eigenvalue weighted by Crippen LogP contribution is 2.26. The fraction of sp³-hybridized carbons (Fsp3) is 0.818. The number of aliphatic hydroxyl groups is 5. The van der Waals surface area contributed by atoms with Crippen LogP contribution >= 0.6 is 0 Å². The number of rotatable bonds is 44. The molecule has 0 spiro atoms. The number of unbranched alkanes of at least 4 members (excludes halogenated alkanes) is 26. The largest absolute Gasteiger partial charge is 0.454 e. The fourth-order valence-corrected chi connectivity index (χ4v) is 8.24. The number of carbonyl (C=O) groups is 2. The van der Waals surface area contributed by atoms with E-state index in [2.05, 4.69) is 38.2 Å². The van der Waals surface area contributed by atoms with Crippen molar-refractivity contribution in [2.24, 2.45) is 0 Å². The maximum absolute atomic E-state index is 13.3. The molecule has 0 aromatic rings. The van der Waals surface area contributed by atoms with E-state index in [4.69, 9.17) is 14.2 Å². The molecule has 384 valence electrons. The second-order valence-corrected chi connectivity index (χ2v) is 18.6. The van der Waals surface area contributed by atoms with Gasteiger partial charge in [0.2, 0.25) is 5.91 Å². The van der Waals surface area contributed by atoms with Gasteiger partial charge in [-0.15, -0.1) is 0 Å². The molecule has 1 saturated heterocycles. The van der Waals surface area contributed by atoms with Crippen LogP contribution in [0.3, 0.4) is 0 Å². The summed E-state index contributed by atoms with van der Waals surface area (Å²) in [4.78, 5) is 26.3. The highest BCUT2D eigenvalue weighted by Gasteiger charge is 2.47. The maximum Gasteiger partial charge on any atom is 0.306 e. The molecule has 6 N–H and O–H groups in total. The van der Waals surface area contributed by atoms with E-state index in [1.54, 1.807) is 6.08 Å². The summed E-state index contributed by atoms with van der Waals surface area (Å²) >= 11 is 0. The smallest absolute Gasteiger partial charge is 0.306 e. The number of amides is 1. The van der Waals surface area contributed by atoms with E-state index in [0.717, 1.165) is 70.6 Å². The van der Waals surface area contributed by atoms with E-state index in [9.17, 15) is 35.1 Å². The van der Waals surface area contributed by atoms with Gasteiger partial charge < -0.3 is 45.1 Å². The third-order valence-electron chi connectivity index (χ3n) is 12.6. The van der Waals surface area contributed by atoms with Crippen LogP contribution in [0.25, 0.3) is 0 Å². The molecule has 0 aliphatic carbocycles. The zero-order valence-corrected chi connectivity index (χ0v) is 42.1. The molecule has 0 aromatic heterocycles. The number of esters is 1. The summed E-state index contributed by atoms with van der Waals surface area (Å²) in [6.45, 7) is 5.61. The van der Waals surface area contributed by atoms with Crippen LogP contribution in [-0.2, 0) is 23.8 Å². The normalized spacial score (nSPS) is 20.5. The second kappa shape index (κ2) is 43.9. The Bertz CT molecular complexity index is 1260. The molecule has 0 radical (unpaired) electrons. The lowest BCUT2D eigenvalue weighted by Crippen LogP contribution is -2.61. The van der Waals surface area contributed by atoms with Crippen molar-refractivity contribution in [3.63, 3.8) is 0 Å². The van der Waals surface area contributed by atoms with Gasteiger partial charge >= 0.3 is 5.97 Å². The van der Waals surface area contributed by atoms with E-state index >= 15 is 0 Å². The molecular formula is C55H99NO10. The molecule has 11 nitrogen and oxygen atoms in total. The first-order valence-corrected chi connectivity index (χ1v) is 26.9. The topological polar surface area (TPSA) is 175 Å². The van der Waals surface area contributed by atoms with Crippen LogP contribution in [0.5, 0.6) is 0 Å². The Morgan fingerprint density at radius 3 is 1.62 bits per heavy atom. The Hall–Kier alpha value is -2.38. The predicted octanol–water partition coefficient (Wildman–Crippen LogP) is 11.3. The quantitative estimate of drug-likeness (QED) is 0.0149. The number of allylic oxidation sites excluding steroid dienone is 7. The van der Waals surface area contributed by atoms with Gasteiger partial charge in [0.1, 0.15) is 24.4 Å². The Morgan fingerprint density at radius 2 is 1.09 bits per heavy atom. The Morgan fingerprint density at radius 1 is 0.606 bits per heavy atom. The molecule has 0 bridgehead atoms. The molecule has 8 atom stereocenters. The van der Waals surface area contributed by atoms with E-state index in [1.807, 2.05) is 30.4 Å². The minimum Gasteiger partial charge on any atom is -0.454 e. The monoisotopic (exact) mass is 934 g/mol. The Kier molecular flexibility index (Phi) is 41.0. The zero-order valence-electron chi connectivity index (χ0n) is 42.1. The van der Waals surface area contributed by atoms with Gasteiger partial charge in [0.25, 0.3) is 0 Å². The first-order valence-electron chi connectivity index (χ1n) is 26.9. The molecule has 0 aromatic carbocycles. The van der Waals surface area contributed by atoms with Gasteiger partial charge in [-0.05, 0) is 44.9 Å². The van der Waals surface area contributed by atoms with Crippen molar-refractivity contribution in [3.05, 3.63) is 48.6 Å². The number of ether oxygens (including phenoxy) is 3. The van der Waals surface area contributed by atoms with Gasteiger partial charge in [-0.2, -0.15) is 0 Å². The third kappa shape index (κ3) is 32.4. The van der Waals surface area contributed by atoms with Crippen LogP contribution in [0.2, 0.25) is 0 Å². The average molecular weight is 934 g/mol. The van der Waals surface area contributed by atoms with Crippen LogP contribution in [0.15, 0.2) is 48.6 Å². The summed E-state index contributed by atoms with van der Waals surface area (Å²) in [5, 5.41) is 56.6. The summed E-state index contributed by atoms with van der Waals surface area (Å²) < 4.78 is 17.5. The molecule has 1 aliphatic heterocycles. The minimum absolute atomic E-state index is 0.123. The van der Waals surface area contributed by atoms with Crippen molar-refractivity contribution in [2.75, 3.05) is 13.2 Å². The van der Waals surface area contributed by atoms with Crippen molar-refractivity contribution in [2.45, 2.75) is 275 Å². The van der Waals surface area contributed by atoms with Crippen LogP contribution in [-0.4, -0.2) is 99.6 Å². The highest BCUT2D eigenvalue weighted by molar-refractivity contribution is 5.80. The molecule has 1 fully saturated rings. The van der Waals surface area contributed by atoms with Gasteiger partial charge in [-0.25, -0.2) is 0 Å². The summed E-state index contributed by atoms with van der Waals surface area (Å²) in [5.41, 5.74) is 0. The summed E-state index contributed by atoms with van der Waals surface area (Å²) in [5.74, 6) is -1.22. The maximum atomic E-state index is 13.3. The third-order valence-corrected chi connectivity index (χ3v) is 12.6. The standard InChI is InChI=1S/C55H99NO10/c1-4-7-10-13-16-19-22-25-28-31-34-37-40-43-50(60)66-53-52(62)51(61)49(44-57)65-55(53)64-45-46(47(58)41-38-35-32-29-26-23-20-17-14-11-8-5-2)56-54(63)48(59)42-39-36-33-30-27-24-21-18-15-12-9-6-3/h9,12,15,18,21,24,38,41,46-49,51-53,55,57-59,61-62H,4-8,10-11,13-14,16-17,19-20,22-23,25-37,39-40,42-45H2,1-3H3,(H,56,63)/b12-9+,18-15+,24-21-,41-38+. The SMILES string of the molecule is CC/C=C/C=C/C=C\CCCCCCC(O)C(=O)NC(COC1OC(CO)C(O)C(O)C1OC(=O)CCCCCCCCCCCCCCC)C(O)/C=C/CCCCCCCCCCCC. The fourth-order valence-electron chi connectivity index (χ4n) is 8.24. The molecule has 1 aliphatic rings. The number of hydrogen-bond donors (Lipinski definition) is 6. The Balaban J connectivity index is 2.78. The second-order valence-electron chi connectivity index (χ2n) is 18.6. The summed E-state index contributed by atoms with van der Waals surface area (Å²) in [6, 6.07) is -1.03. The van der Waals surface area contributed by atoms with E-state index in [1.165, 1.54) is 109 Å². The predicted molar refractivity (Wildman–Crippen MR) is 269 cm³/mol. The summed E-state index contributed by atoms with van der Waals surface area (Å²) in [7, 11) is 0. The van der Waals surface area contributed by atoms with E-state index < -0.39 is 67.4 Å². The van der Waals surface area contributed by atoms with Crippen molar-refractivity contribution in [1.82, 2.24) is 5.32 Å². The number of aliphatic hydroxyl groups excluding tert-OH is 5. The van der Waals surface area contributed by atoms with Crippen molar-refractivity contribution < 1.29 is 49.3 Å². The molecule has 11 heteroatoms. The molecule has 8 unspecified atom stereocenters. The van der Waals surface area contributed by atoms with Crippen LogP contribution in [0, 0.1) is 0 Å². The van der Waals surface area contributed by atoms with Crippen LogP contribution < -0.4 is 5.32 Å². The van der Waals surface area contributed by atoms with Crippen molar-refractivity contribution in [3.8, 4) is 0 Å². The first kappa shape index (κ1) is 61.6. The summed E-state index contributed by atoms with van der Waals surface area (Å²) in [6.07, 6.45) is 40.2. The number of nitrogens with one attached hydrogen (secondary N) is 1. The Labute approximate surface area is 402 Å². The van der Waals surface area contributed by atoms with Crippen molar-refractivity contribution >= 4 is 11.9 Å². The highest BCUT2D eigenvalue weighted by atomic mass is 16.7. The lowest BCUT2D eigenvalue weighted by molar-refractivity contribution is -0.305. The number of hydrogen-bond acceptors (Lipinski definition) is 10. The van der Waals surface area contributed by atoms with Gasteiger partial charge in [0.05, 0.1) is 25.4 Å². The molecule has 1 heterocycles. The van der Waals surface area contributed by atoms with Gasteiger partial charge in [-0.1, -0.05) is 223 Å². The number of carbonyl (C=O) groups excluding carboxylic acids is 2. The lowest BCUT2D eigenvalue weighted by atomic mass is 9.99. The average Bonchev–Trinajstić information content (AvgIpc) is 3.31. The minimum atomic E-state index is -1.61. The first-order chi connectivity index (χ1) is 32.2.